The van der Waals surface area contributed by atoms with Gasteiger partial charge < -0.3 is 30.4 Å². The van der Waals surface area contributed by atoms with Crippen molar-refractivity contribution in [3.63, 3.8) is 0 Å². The lowest BCUT2D eigenvalue weighted by Gasteiger charge is -2.21. The minimum atomic E-state index is -1.37. The molecule has 0 fully saturated rings. The summed E-state index contributed by atoms with van der Waals surface area (Å²) in [6.45, 7) is 0. The Bertz CT molecular complexity index is 963. The molecule has 0 aromatic heterocycles. The summed E-state index contributed by atoms with van der Waals surface area (Å²) in [7, 11) is 0. The maximum Gasteiger partial charge on any atom is 0.354 e. The van der Waals surface area contributed by atoms with Crippen LogP contribution in [0.4, 0.5) is 5.69 Å². The fourth-order valence-electron chi connectivity index (χ4n) is 3.14. The number of carboxylic acid groups (broad SMARTS) is 3. The molecule has 0 spiro atoms. The highest BCUT2D eigenvalue weighted by Crippen LogP contribution is 2.40. The molecule has 10 nitrogen and oxygen atoms in total. The zero-order valence-electron chi connectivity index (χ0n) is 14.3. The van der Waals surface area contributed by atoms with E-state index in [1.165, 1.54) is 35.4 Å². The molecule has 2 atom stereocenters. The zero-order valence-corrected chi connectivity index (χ0v) is 14.3. The highest BCUT2D eigenvalue weighted by Gasteiger charge is 2.34. The number of rotatable bonds is 5. The third kappa shape index (κ3) is 3.52. The molecular weight excluding hydrogens is 372 g/mol. The summed E-state index contributed by atoms with van der Waals surface area (Å²) in [5, 5.41) is 47.1. The number of hydrogen-bond donors (Lipinski definition) is 5. The summed E-state index contributed by atoms with van der Waals surface area (Å²) in [5.41, 5.74) is 0.830. The Kier molecular flexibility index (Phi) is 4.78. The summed E-state index contributed by atoms with van der Waals surface area (Å²) in [6.07, 6.45) is 4.06. The van der Waals surface area contributed by atoms with E-state index >= 15 is 0 Å². The monoisotopic (exact) mass is 388 g/mol. The molecule has 0 saturated carbocycles. The van der Waals surface area contributed by atoms with E-state index in [4.69, 9.17) is 10.2 Å². The molecule has 0 aliphatic carbocycles. The fourth-order valence-corrected chi connectivity index (χ4v) is 3.14. The van der Waals surface area contributed by atoms with Crippen LogP contribution in [-0.2, 0) is 20.8 Å². The van der Waals surface area contributed by atoms with Crippen LogP contribution in [-0.4, -0.2) is 61.2 Å². The van der Waals surface area contributed by atoms with Crippen LogP contribution in [0.3, 0.4) is 0 Å². The molecule has 2 heterocycles. The highest BCUT2D eigenvalue weighted by atomic mass is 16.4. The van der Waals surface area contributed by atoms with E-state index < -0.39 is 41.5 Å². The number of phenols is 2. The maximum absolute atomic E-state index is 11.6. The van der Waals surface area contributed by atoms with E-state index in [-0.39, 0.29) is 18.6 Å². The first-order valence-electron chi connectivity index (χ1n) is 8.16. The van der Waals surface area contributed by atoms with Crippen molar-refractivity contribution in [3.05, 3.63) is 41.6 Å². The number of carboxylic acids is 3. The van der Waals surface area contributed by atoms with E-state index in [0.29, 0.717) is 16.8 Å². The Morgan fingerprint density at radius 3 is 2.32 bits per heavy atom. The first-order chi connectivity index (χ1) is 13.2. The van der Waals surface area contributed by atoms with Gasteiger partial charge in [0.1, 0.15) is 11.8 Å². The largest absolute Gasteiger partial charge is 0.504 e. The van der Waals surface area contributed by atoms with Gasteiger partial charge in [-0.05, 0) is 29.4 Å². The topological polar surface area (TPSA) is 168 Å². The van der Waals surface area contributed by atoms with Crippen molar-refractivity contribution >= 4 is 29.3 Å². The van der Waals surface area contributed by atoms with Gasteiger partial charge in [-0.15, -0.1) is 0 Å². The summed E-state index contributed by atoms with van der Waals surface area (Å²) < 4.78 is 0. The lowest BCUT2D eigenvalue weighted by Crippen LogP contribution is -2.34. The number of fused-ring (bicyclic) bond motifs is 1. The number of benzene rings is 1. The average molecular weight is 388 g/mol. The lowest BCUT2D eigenvalue weighted by molar-refractivity contribution is -0.139. The highest BCUT2D eigenvalue weighted by molar-refractivity contribution is 6.41. The van der Waals surface area contributed by atoms with E-state index in [1.54, 1.807) is 0 Å². The van der Waals surface area contributed by atoms with E-state index in [0.717, 1.165) is 0 Å². The molecule has 0 bridgehead atoms. The van der Waals surface area contributed by atoms with Crippen molar-refractivity contribution in [1.82, 2.24) is 0 Å². The van der Waals surface area contributed by atoms with Gasteiger partial charge >= 0.3 is 17.9 Å². The summed E-state index contributed by atoms with van der Waals surface area (Å²) in [4.78, 5) is 39.0. The van der Waals surface area contributed by atoms with Crippen LogP contribution in [0.15, 0.2) is 41.1 Å². The number of nitrogens with zero attached hydrogens (tertiary/aromatic N) is 2. The molecule has 28 heavy (non-hydrogen) atoms. The van der Waals surface area contributed by atoms with Gasteiger partial charge in [0.25, 0.3) is 0 Å². The molecular formula is C18H16N2O8. The van der Waals surface area contributed by atoms with Crippen LogP contribution < -0.4 is 4.90 Å². The van der Waals surface area contributed by atoms with Crippen LogP contribution >= 0.6 is 0 Å². The second-order valence-electron chi connectivity index (χ2n) is 6.35. The van der Waals surface area contributed by atoms with Gasteiger partial charge in [-0.2, -0.15) is 0 Å². The standard InChI is InChI=1S/C18H16N2O8/c21-14-6-9-5-13(18(27)28)20(12(9)7-15(14)22)2-1-8-3-10(16(23)24)19-11(4-8)17(25)26/h1-3,6-7,11,13,21-22H,4-5H2,(H,23,24)(H,25,26)(H,27,28)/b2-1+. The predicted molar refractivity (Wildman–Crippen MR) is 95.7 cm³/mol. The third-order valence-electron chi connectivity index (χ3n) is 4.49. The SMILES string of the molecule is O=C(O)C1=NC(C(=O)O)CC(/C=C/N2c3cc(O)c(O)cc3CC2C(=O)O)=C1. The van der Waals surface area contributed by atoms with Crippen LogP contribution in [0.25, 0.3) is 0 Å². The number of allylic oxidation sites excluding steroid dienone is 1. The molecule has 2 unspecified atom stereocenters. The van der Waals surface area contributed by atoms with Crippen molar-refractivity contribution < 1.29 is 39.9 Å². The lowest BCUT2D eigenvalue weighted by atomic mass is 10.0. The number of aromatic hydroxyl groups is 2. The summed E-state index contributed by atoms with van der Waals surface area (Å²) in [5.74, 6) is -4.55. The van der Waals surface area contributed by atoms with Crippen molar-refractivity contribution in [1.29, 1.82) is 0 Å². The van der Waals surface area contributed by atoms with Gasteiger partial charge in [-0.25, -0.2) is 14.4 Å². The number of dihydropyridines is 1. The number of hydrogen-bond acceptors (Lipinski definition) is 7. The number of aliphatic imine (C=N–C) groups is 1. The molecule has 0 radical (unpaired) electrons. The number of carbonyl (C=O) groups is 3. The van der Waals surface area contributed by atoms with Crippen LogP contribution in [0.1, 0.15) is 12.0 Å². The van der Waals surface area contributed by atoms with Crippen molar-refractivity contribution in [2.45, 2.75) is 24.9 Å². The summed E-state index contributed by atoms with van der Waals surface area (Å²) >= 11 is 0. The van der Waals surface area contributed by atoms with Gasteiger partial charge in [0.05, 0.1) is 0 Å². The van der Waals surface area contributed by atoms with Crippen molar-refractivity contribution in [2.24, 2.45) is 4.99 Å². The maximum atomic E-state index is 11.6. The van der Waals surface area contributed by atoms with E-state index in [1.807, 2.05) is 0 Å². The minimum Gasteiger partial charge on any atom is -0.504 e. The molecule has 1 aromatic carbocycles. The fraction of sp³-hybridized carbons (Fsp3) is 0.222. The number of anilines is 1. The Morgan fingerprint density at radius 2 is 1.71 bits per heavy atom. The van der Waals surface area contributed by atoms with Gasteiger partial charge in [0.2, 0.25) is 0 Å². The number of phenolic OH excluding ortho intramolecular Hbond substituents is 2. The quantitative estimate of drug-likeness (QED) is 0.457. The molecule has 5 N–H and O–H groups in total. The smallest absolute Gasteiger partial charge is 0.354 e. The Morgan fingerprint density at radius 1 is 1.04 bits per heavy atom. The van der Waals surface area contributed by atoms with Crippen molar-refractivity contribution in [2.75, 3.05) is 4.90 Å². The van der Waals surface area contributed by atoms with E-state index in [9.17, 15) is 29.7 Å². The Balaban J connectivity index is 1.95. The molecule has 0 amide bonds. The Labute approximate surface area is 158 Å². The minimum absolute atomic E-state index is 0.0537. The first kappa shape index (κ1) is 19.0. The number of aliphatic carboxylic acids is 3. The molecule has 2 aliphatic heterocycles. The van der Waals surface area contributed by atoms with Crippen LogP contribution in [0.2, 0.25) is 0 Å². The van der Waals surface area contributed by atoms with E-state index in [2.05, 4.69) is 4.99 Å². The average Bonchev–Trinajstić information content (AvgIpc) is 2.97. The van der Waals surface area contributed by atoms with Gasteiger partial charge in [0, 0.05) is 30.8 Å². The second kappa shape index (κ2) is 7.06. The van der Waals surface area contributed by atoms with Gasteiger partial charge in [-0.1, -0.05) is 0 Å². The first-order valence-corrected chi connectivity index (χ1v) is 8.16. The molecule has 2 aliphatic rings. The van der Waals surface area contributed by atoms with Gasteiger partial charge in [-0.3, -0.25) is 4.99 Å². The molecule has 146 valence electrons. The molecule has 10 heteroatoms. The normalized spacial score (nSPS) is 21.2. The van der Waals surface area contributed by atoms with Crippen LogP contribution in [0.5, 0.6) is 11.5 Å². The Hall–Kier alpha value is -3.82. The second-order valence-corrected chi connectivity index (χ2v) is 6.35. The zero-order chi connectivity index (χ0) is 20.6. The third-order valence-corrected chi connectivity index (χ3v) is 4.49. The molecule has 1 aromatic rings. The molecule has 3 rings (SSSR count). The summed E-state index contributed by atoms with van der Waals surface area (Å²) in [6, 6.07) is 0.263. The van der Waals surface area contributed by atoms with Crippen molar-refractivity contribution in [3.8, 4) is 11.5 Å². The predicted octanol–water partition coefficient (Wildman–Crippen LogP) is 0.736. The van der Waals surface area contributed by atoms with Gasteiger partial charge in [0.15, 0.2) is 17.5 Å². The molecule has 0 saturated heterocycles. The van der Waals surface area contributed by atoms with Crippen LogP contribution in [0, 0.1) is 0 Å².